The van der Waals surface area contributed by atoms with Crippen molar-refractivity contribution in [1.82, 2.24) is 0 Å². The summed E-state index contributed by atoms with van der Waals surface area (Å²) in [6.45, 7) is 8.63. The van der Waals surface area contributed by atoms with Gasteiger partial charge in [-0.25, -0.2) is 0 Å². The quantitative estimate of drug-likeness (QED) is 0.125. The molecule has 0 rings (SSSR count). The van der Waals surface area contributed by atoms with E-state index in [0.717, 1.165) is 6.61 Å². The second-order valence-corrected chi connectivity index (χ2v) is 10.0. The molecule has 3 nitrogen and oxygen atoms in total. The van der Waals surface area contributed by atoms with Gasteiger partial charge in [0.05, 0.1) is 25.9 Å². The van der Waals surface area contributed by atoms with Gasteiger partial charge in [0.25, 0.3) is 0 Å². The van der Waals surface area contributed by atoms with E-state index in [1.807, 2.05) is 6.92 Å². The number of ether oxygens (including phenoxy) is 2. The molecule has 0 aromatic rings. The van der Waals surface area contributed by atoms with Crippen LogP contribution in [0.5, 0.6) is 0 Å². The first-order valence-corrected chi connectivity index (χ1v) is 14.5. The lowest BCUT2D eigenvalue weighted by atomic mass is 9.94. The molecular formula is C29H60O3. The molecule has 0 fully saturated rings. The zero-order valence-corrected chi connectivity index (χ0v) is 22.4. The standard InChI is InChI=1S/C29H60O3/c1-4-6-8-10-12-14-15-17-19-21-23-29(27-31-26-28(3)32-25-24-30)22-20-18-16-13-11-9-7-5-2/h28-30H,4-27H2,1-3H3. The van der Waals surface area contributed by atoms with Gasteiger partial charge in [0.1, 0.15) is 0 Å². The molecule has 0 aromatic heterocycles. The largest absolute Gasteiger partial charge is 0.394 e. The second kappa shape index (κ2) is 27.1. The number of hydrogen-bond donors (Lipinski definition) is 1. The minimum absolute atomic E-state index is 0.0725. The molecule has 32 heavy (non-hydrogen) atoms. The molecule has 0 bridgehead atoms. The number of rotatable bonds is 27. The van der Waals surface area contributed by atoms with Crippen molar-refractivity contribution in [3.05, 3.63) is 0 Å². The lowest BCUT2D eigenvalue weighted by molar-refractivity contribution is -0.0271. The number of unbranched alkanes of at least 4 members (excludes halogenated alkanes) is 16. The van der Waals surface area contributed by atoms with Gasteiger partial charge >= 0.3 is 0 Å². The highest BCUT2D eigenvalue weighted by Crippen LogP contribution is 2.20. The Kier molecular flexibility index (Phi) is 27.0. The molecule has 2 unspecified atom stereocenters. The molecule has 0 aliphatic carbocycles. The van der Waals surface area contributed by atoms with E-state index < -0.39 is 0 Å². The average molecular weight is 457 g/mol. The van der Waals surface area contributed by atoms with Crippen molar-refractivity contribution in [3.8, 4) is 0 Å². The fourth-order valence-corrected chi connectivity index (χ4v) is 4.50. The Hall–Kier alpha value is -0.120. The summed E-state index contributed by atoms with van der Waals surface area (Å²) in [7, 11) is 0. The van der Waals surface area contributed by atoms with E-state index >= 15 is 0 Å². The normalized spacial score (nSPS) is 13.5. The third-order valence-electron chi connectivity index (χ3n) is 6.63. The van der Waals surface area contributed by atoms with Crippen molar-refractivity contribution in [3.63, 3.8) is 0 Å². The van der Waals surface area contributed by atoms with Crippen LogP contribution < -0.4 is 0 Å². The van der Waals surface area contributed by atoms with Crippen LogP contribution in [0.25, 0.3) is 0 Å². The van der Waals surface area contributed by atoms with E-state index in [4.69, 9.17) is 14.6 Å². The van der Waals surface area contributed by atoms with E-state index in [9.17, 15) is 0 Å². The first-order chi connectivity index (χ1) is 15.7. The van der Waals surface area contributed by atoms with Crippen LogP contribution in [-0.2, 0) is 9.47 Å². The van der Waals surface area contributed by atoms with Crippen LogP contribution >= 0.6 is 0 Å². The Labute approximate surface area is 202 Å². The van der Waals surface area contributed by atoms with Crippen LogP contribution in [0.4, 0.5) is 0 Å². The van der Waals surface area contributed by atoms with Crippen LogP contribution in [0.1, 0.15) is 149 Å². The smallest absolute Gasteiger partial charge is 0.0781 e. The lowest BCUT2D eigenvalue weighted by Gasteiger charge is -2.19. The minimum atomic E-state index is 0.0725. The number of aliphatic hydroxyl groups excluding tert-OH is 1. The van der Waals surface area contributed by atoms with Gasteiger partial charge in [0, 0.05) is 6.61 Å². The molecule has 0 radical (unpaired) electrons. The van der Waals surface area contributed by atoms with E-state index in [1.165, 1.54) is 128 Å². The van der Waals surface area contributed by atoms with Crippen LogP contribution in [0, 0.1) is 5.92 Å². The summed E-state index contributed by atoms with van der Waals surface area (Å²) in [6, 6.07) is 0. The number of hydrogen-bond acceptors (Lipinski definition) is 3. The Bertz CT molecular complexity index is 334. The Morgan fingerprint density at radius 1 is 0.562 bits per heavy atom. The molecule has 3 heteroatoms. The molecule has 194 valence electrons. The fourth-order valence-electron chi connectivity index (χ4n) is 4.50. The molecule has 0 aliphatic rings. The van der Waals surface area contributed by atoms with E-state index in [2.05, 4.69) is 13.8 Å². The van der Waals surface area contributed by atoms with Gasteiger partial charge in [-0.1, -0.05) is 129 Å². The van der Waals surface area contributed by atoms with Crippen LogP contribution in [0.3, 0.4) is 0 Å². The summed E-state index contributed by atoms with van der Waals surface area (Å²) in [5.74, 6) is 0.703. The topological polar surface area (TPSA) is 38.7 Å². The van der Waals surface area contributed by atoms with Crippen LogP contribution in [0.2, 0.25) is 0 Å². The zero-order chi connectivity index (χ0) is 23.5. The lowest BCUT2D eigenvalue weighted by Crippen LogP contribution is -2.20. The first kappa shape index (κ1) is 31.9. The molecule has 0 amide bonds. The number of aliphatic hydroxyl groups is 1. The van der Waals surface area contributed by atoms with Gasteiger partial charge in [0.15, 0.2) is 0 Å². The minimum Gasteiger partial charge on any atom is -0.394 e. The maximum Gasteiger partial charge on any atom is 0.0781 e. The van der Waals surface area contributed by atoms with Crippen LogP contribution in [0.15, 0.2) is 0 Å². The van der Waals surface area contributed by atoms with Crippen molar-refractivity contribution in [1.29, 1.82) is 0 Å². The molecule has 0 saturated heterocycles. The predicted octanol–water partition coefficient (Wildman–Crippen LogP) is 8.86. The van der Waals surface area contributed by atoms with E-state index in [1.54, 1.807) is 0 Å². The van der Waals surface area contributed by atoms with Crippen molar-refractivity contribution in [2.45, 2.75) is 155 Å². The van der Waals surface area contributed by atoms with Crippen LogP contribution in [-0.4, -0.2) is 37.6 Å². The van der Waals surface area contributed by atoms with Crippen molar-refractivity contribution in [2.75, 3.05) is 26.4 Å². The van der Waals surface area contributed by atoms with Crippen molar-refractivity contribution < 1.29 is 14.6 Å². The summed E-state index contributed by atoms with van der Waals surface area (Å²) in [4.78, 5) is 0. The second-order valence-electron chi connectivity index (χ2n) is 10.0. The van der Waals surface area contributed by atoms with Crippen molar-refractivity contribution >= 4 is 0 Å². The fraction of sp³-hybridized carbons (Fsp3) is 1.00. The molecule has 0 aromatic carbocycles. The molecule has 0 heterocycles. The monoisotopic (exact) mass is 456 g/mol. The van der Waals surface area contributed by atoms with Crippen molar-refractivity contribution in [2.24, 2.45) is 5.92 Å². The third kappa shape index (κ3) is 24.5. The predicted molar refractivity (Wildman–Crippen MR) is 140 cm³/mol. The molecule has 0 saturated carbocycles. The summed E-state index contributed by atoms with van der Waals surface area (Å²) in [6.07, 6.45) is 27.9. The molecule has 0 aliphatic heterocycles. The van der Waals surface area contributed by atoms with Gasteiger partial charge in [-0.15, -0.1) is 0 Å². The molecule has 0 spiro atoms. The van der Waals surface area contributed by atoms with E-state index in [-0.39, 0.29) is 12.7 Å². The summed E-state index contributed by atoms with van der Waals surface area (Å²) in [5.41, 5.74) is 0. The summed E-state index contributed by atoms with van der Waals surface area (Å²) >= 11 is 0. The van der Waals surface area contributed by atoms with E-state index in [0.29, 0.717) is 19.1 Å². The highest BCUT2D eigenvalue weighted by Gasteiger charge is 2.11. The van der Waals surface area contributed by atoms with Gasteiger partial charge in [0.2, 0.25) is 0 Å². The Balaban J connectivity index is 3.90. The van der Waals surface area contributed by atoms with Gasteiger partial charge in [-0.3, -0.25) is 0 Å². The SMILES string of the molecule is CCCCCCCCCCCCC(CCCCCCCCCC)COCC(C)OCCO. The highest BCUT2D eigenvalue weighted by atomic mass is 16.5. The summed E-state index contributed by atoms with van der Waals surface area (Å²) in [5, 5.41) is 8.89. The third-order valence-corrected chi connectivity index (χ3v) is 6.63. The average Bonchev–Trinajstić information content (AvgIpc) is 2.80. The maximum absolute atomic E-state index is 8.89. The summed E-state index contributed by atoms with van der Waals surface area (Å²) < 4.78 is 11.5. The first-order valence-electron chi connectivity index (χ1n) is 14.5. The Morgan fingerprint density at radius 2 is 0.969 bits per heavy atom. The molecule has 2 atom stereocenters. The Morgan fingerprint density at radius 3 is 1.38 bits per heavy atom. The highest BCUT2D eigenvalue weighted by molar-refractivity contribution is 4.61. The maximum atomic E-state index is 8.89. The zero-order valence-electron chi connectivity index (χ0n) is 22.4. The molecule has 1 N–H and O–H groups in total. The van der Waals surface area contributed by atoms with Gasteiger partial charge in [-0.2, -0.15) is 0 Å². The van der Waals surface area contributed by atoms with Gasteiger partial charge < -0.3 is 14.6 Å². The van der Waals surface area contributed by atoms with Gasteiger partial charge in [-0.05, 0) is 25.7 Å². The molecular weight excluding hydrogens is 396 g/mol.